The smallest absolute Gasteiger partial charge is 0.261 e. The first-order chi connectivity index (χ1) is 15.7. The zero-order valence-corrected chi connectivity index (χ0v) is 19.4. The Bertz CT molecular complexity index is 1300. The van der Waals surface area contributed by atoms with E-state index in [1.165, 1.54) is 5.56 Å². The van der Waals surface area contributed by atoms with Gasteiger partial charge in [-0.3, -0.25) is 9.59 Å². The monoisotopic (exact) mass is 440 g/mol. The zero-order valence-electron chi connectivity index (χ0n) is 19.4. The lowest BCUT2D eigenvalue weighted by Gasteiger charge is -2.39. The Labute approximate surface area is 193 Å². The van der Waals surface area contributed by atoms with Gasteiger partial charge in [0.25, 0.3) is 5.91 Å². The van der Waals surface area contributed by atoms with Crippen molar-refractivity contribution in [2.45, 2.75) is 46.6 Å². The van der Waals surface area contributed by atoms with Crippen LogP contribution in [-0.4, -0.2) is 21.5 Å². The number of rotatable bonds is 3. The highest BCUT2D eigenvalue weighted by Crippen LogP contribution is 2.46. The third-order valence-electron chi connectivity index (χ3n) is 6.63. The fourth-order valence-electron chi connectivity index (χ4n) is 4.84. The number of allylic oxidation sites excluding steroid dienone is 2. The van der Waals surface area contributed by atoms with Crippen LogP contribution in [0.2, 0.25) is 0 Å². The molecule has 2 N–H and O–H groups in total. The number of nitrogens with one attached hydrogen (secondary N) is 2. The molecule has 1 aromatic heterocycles. The van der Waals surface area contributed by atoms with E-state index < -0.39 is 0 Å². The van der Waals surface area contributed by atoms with Crippen molar-refractivity contribution in [1.29, 1.82) is 0 Å². The molecule has 2 aromatic carbocycles. The molecule has 33 heavy (non-hydrogen) atoms. The predicted octanol–water partition coefficient (Wildman–Crippen LogP) is 5.41. The van der Waals surface area contributed by atoms with Gasteiger partial charge in [-0.15, -0.1) is 0 Å². The van der Waals surface area contributed by atoms with Gasteiger partial charge in [0.1, 0.15) is 17.4 Å². The Morgan fingerprint density at radius 2 is 1.85 bits per heavy atom. The fraction of sp³-hybridized carbons (Fsp3) is 0.296. The van der Waals surface area contributed by atoms with Crippen LogP contribution in [0, 0.1) is 19.3 Å². The van der Waals surface area contributed by atoms with Crippen LogP contribution in [0.5, 0.6) is 0 Å². The first kappa shape index (κ1) is 21.2. The number of aromatic nitrogens is 2. The lowest BCUT2D eigenvalue weighted by molar-refractivity contribution is -0.118. The van der Waals surface area contributed by atoms with Crippen LogP contribution < -0.4 is 10.6 Å². The highest BCUT2D eigenvalue weighted by Gasteiger charge is 2.42. The molecule has 0 saturated heterocycles. The van der Waals surface area contributed by atoms with Crippen molar-refractivity contribution in [3.05, 3.63) is 88.3 Å². The third-order valence-corrected chi connectivity index (χ3v) is 6.63. The molecule has 0 unspecified atom stereocenters. The number of hydrogen-bond acceptors (Lipinski definition) is 4. The summed E-state index contributed by atoms with van der Waals surface area (Å²) in [7, 11) is 0. The average molecular weight is 441 g/mol. The van der Waals surface area contributed by atoms with Crippen molar-refractivity contribution >= 4 is 23.2 Å². The number of fused-ring (bicyclic) bond motifs is 1. The van der Waals surface area contributed by atoms with Gasteiger partial charge in [0.15, 0.2) is 5.78 Å². The molecular formula is C27H28N4O2. The van der Waals surface area contributed by atoms with Crippen LogP contribution in [0.25, 0.3) is 0 Å². The molecule has 2 heterocycles. The van der Waals surface area contributed by atoms with E-state index in [4.69, 9.17) is 0 Å². The summed E-state index contributed by atoms with van der Waals surface area (Å²) in [5, 5.41) is 11.0. The van der Waals surface area contributed by atoms with E-state index in [0.717, 1.165) is 34.5 Å². The summed E-state index contributed by atoms with van der Waals surface area (Å²) in [5.74, 6) is 0.517. The largest absolute Gasteiger partial charge is 0.343 e. The summed E-state index contributed by atoms with van der Waals surface area (Å²) in [6.07, 6.45) is 2.82. The lowest BCUT2D eigenvalue weighted by Crippen LogP contribution is -2.36. The second kappa shape index (κ2) is 7.73. The molecule has 2 aliphatic rings. The molecule has 6 heteroatoms. The molecule has 1 atom stereocenters. The first-order valence-electron chi connectivity index (χ1n) is 11.3. The standard InChI is InChI=1S/C27H28N4O2/c1-16-10-11-19(12-17(16)2)29-26(33)20-15-28-31-24(18-8-6-5-7-9-18)23-21(30-25(20)31)13-27(3,4)14-22(23)32/h5-12,15,24,30H,13-14H2,1-4H3,(H,29,33)/t24-/m0/s1. The van der Waals surface area contributed by atoms with Crippen LogP contribution in [0.4, 0.5) is 11.5 Å². The van der Waals surface area contributed by atoms with Gasteiger partial charge < -0.3 is 10.6 Å². The van der Waals surface area contributed by atoms with Gasteiger partial charge in [0.2, 0.25) is 0 Å². The van der Waals surface area contributed by atoms with Crippen LogP contribution in [0.1, 0.15) is 59.8 Å². The Hall–Kier alpha value is -3.67. The number of nitrogens with zero attached hydrogens (tertiary/aromatic N) is 2. The summed E-state index contributed by atoms with van der Waals surface area (Å²) in [6, 6.07) is 15.4. The quantitative estimate of drug-likeness (QED) is 0.571. The first-order valence-corrected chi connectivity index (χ1v) is 11.3. The number of ketones is 1. The second-order valence-corrected chi connectivity index (χ2v) is 9.88. The Morgan fingerprint density at radius 3 is 2.58 bits per heavy atom. The second-order valence-electron chi connectivity index (χ2n) is 9.88. The molecule has 1 amide bonds. The lowest BCUT2D eigenvalue weighted by atomic mass is 9.73. The molecule has 3 aromatic rings. The predicted molar refractivity (Wildman–Crippen MR) is 129 cm³/mol. The minimum atomic E-state index is -0.357. The molecule has 0 spiro atoms. The van der Waals surface area contributed by atoms with Gasteiger partial charge in [0, 0.05) is 23.4 Å². The Balaban J connectivity index is 1.57. The normalized spacial score (nSPS) is 18.9. The number of anilines is 2. The number of Topliss-reactive ketones (excluding diaryl/α,β-unsaturated/α-hetero) is 1. The molecule has 1 aliphatic carbocycles. The molecule has 0 fully saturated rings. The maximum absolute atomic E-state index is 13.3. The molecule has 0 bridgehead atoms. The van der Waals surface area contributed by atoms with Crippen LogP contribution in [-0.2, 0) is 4.79 Å². The molecule has 0 radical (unpaired) electrons. The summed E-state index contributed by atoms with van der Waals surface area (Å²) < 4.78 is 1.78. The molecule has 0 saturated carbocycles. The molecule has 6 nitrogen and oxygen atoms in total. The molecule has 168 valence electrons. The minimum Gasteiger partial charge on any atom is -0.343 e. The van der Waals surface area contributed by atoms with E-state index in [2.05, 4.69) is 29.6 Å². The zero-order chi connectivity index (χ0) is 23.3. The van der Waals surface area contributed by atoms with Gasteiger partial charge in [-0.05, 0) is 54.5 Å². The maximum Gasteiger partial charge on any atom is 0.261 e. The Kier molecular flexibility index (Phi) is 4.96. The number of carbonyl (C=O) groups is 2. The number of amides is 1. The third kappa shape index (κ3) is 3.75. The maximum atomic E-state index is 13.3. The molecular weight excluding hydrogens is 412 g/mol. The van der Waals surface area contributed by atoms with E-state index in [-0.39, 0.29) is 23.1 Å². The number of carbonyl (C=O) groups excluding carboxylic acids is 2. The van der Waals surface area contributed by atoms with Crippen molar-refractivity contribution in [2.75, 3.05) is 10.6 Å². The fourth-order valence-corrected chi connectivity index (χ4v) is 4.84. The number of hydrogen-bond donors (Lipinski definition) is 2. The van der Waals surface area contributed by atoms with Gasteiger partial charge in [0.05, 0.1) is 6.20 Å². The van der Waals surface area contributed by atoms with Gasteiger partial charge in [-0.2, -0.15) is 5.10 Å². The van der Waals surface area contributed by atoms with E-state index in [0.29, 0.717) is 17.8 Å². The van der Waals surface area contributed by atoms with E-state index in [1.54, 1.807) is 10.9 Å². The number of aryl methyl sites for hydroxylation is 2. The minimum absolute atomic E-state index is 0.130. The number of benzene rings is 2. The van der Waals surface area contributed by atoms with Crippen molar-refractivity contribution in [3.8, 4) is 0 Å². The topological polar surface area (TPSA) is 76.0 Å². The van der Waals surface area contributed by atoms with Crippen LogP contribution in [0.15, 0.2) is 66.0 Å². The van der Waals surface area contributed by atoms with Crippen molar-refractivity contribution in [2.24, 2.45) is 5.41 Å². The summed E-state index contributed by atoms with van der Waals surface area (Å²) in [4.78, 5) is 26.5. The van der Waals surface area contributed by atoms with Crippen LogP contribution in [0.3, 0.4) is 0 Å². The van der Waals surface area contributed by atoms with E-state index in [1.807, 2.05) is 62.4 Å². The van der Waals surface area contributed by atoms with Crippen molar-refractivity contribution in [3.63, 3.8) is 0 Å². The van der Waals surface area contributed by atoms with Crippen molar-refractivity contribution in [1.82, 2.24) is 9.78 Å². The van der Waals surface area contributed by atoms with Gasteiger partial charge >= 0.3 is 0 Å². The SMILES string of the molecule is Cc1ccc(NC(=O)c2cnn3c2NC2=C(C(=O)CC(C)(C)C2)[C@@H]3c2ccccc2)cc1C. The van der Waals surface area contributed by atoms with Gasteiger partial charge in [-0.1, -0.05) is 50.2 Å². The highest BCUT2D eigenvalue weighted by molar-refractivity contribution is 6.08. The molecule has 1 aliphatic heterocycles. The van der Waals surface area contributed by atoms with E-state index >= 15 is 0 Å². The van der Waals surface area contributed by atoms with Crippen LogP contribution >= 0.6 is 0 Å². The Morgan fingerprint density at radius 1 is 1.09 bits per heavy atom. The summed E-state index contributed by atoms with van der Waals surface area (Å²) in [5.41, 5.74) is 5.95. The average Bonchev–Trinajstić information content (AvgIpc) is 3.18. The molecule has 5 rings (SSSR count). The summed E-state index contributed by atoms with van der Waals surface area (Å²) >= 11 is 0. The van der Waals surface area contributed by atoms with E-state index in [9.17, 15) is 9.59 Å². The summed E-state index contributed by atoms with van der Waals surface area (Å²) in [6.45, 7) is 8.27. The van der Waals surface area contributed by atoms with Gasteiger partial charge in [-0.25, -0.2) is 4.68 Å². The highest BCUT2D eigenvalue weighted by atomic mass is 16.1. The van der Waals surface area contributed by atoms with Crippen molar-refractivity contribution < 1.29 is 9.59 Å².